The van der Waals surface area contributed by atoms with Crippen molar-refractivity contribution in [3.63, 3.8) is 0 Å². The maximum atomic E-state index is 13.6. The first-order valence-corrected chi connectivity index (χ1v) is 7.50. The fraction of sp³-hybridized carbons (Fsp3) is 0.176. The smallest absolute Gasteiger partial charge is 0.358 e. The minimum absolute atomic E-state index is 0.0339. The molecule has 0 aliphatic carbocycles. The fourth-order valence-corrected chi connectivity index (χ4v) is 2.28. The van der Waals surface area contributed by atoms with E-state index in [4.69, 9.17) is 0 Å². The molecule has 1 aromatic heterocycles. The Labute approximate surface area is 151 Å². The Balaban J connectivity index is 2.36. The standard InChI is InChI=1S/C17H14F2N2O6/c1-27-17(26)13-15(24)14(23)11(8-21(13)4-5-22)16(25)20-7-9-2-3-10(18)6-12(9)19/h2-3,5-6,8,24H,4,7H2,1H3,(H,20,25). The van der Waals surface area contributed by atoms with Crippen molar-refractivity contribution in [2.75, 3.05) is 7.11 Å². The van der Waals surface area contributed by atoms with Gasteiger partial charge in [0.05, 0.1) is 13.7 Å². The number of nitrogens with one attached hydrogen (secondary N) is 1. The number of hydrogen-bond donors (Lipinski definition) is 2. The maximum Gasteiger partial charge on any atom is 0.358 e. The molecule has 0 aliphatic rings. The molecule has 142 valence electrons. The maximum absolute atomic E-state index is 13.6. The van der Waals surface area contributed by atoms with E-state index >= 15 is 0 Å². The number of hydrogen-bond acceptors (Lipinski definition) is 6. The zero-order chi connectivity index (χ0) is 20.1. The second-order valence-electron chi connectivity index (χ2n) is 5.30. The van der Waals surface area contributed by atoms with Crippen LogP contribution in [0.4, 0.5) is 8.78 Å². The molecule has 0 atom stereocenters. The van der Waals surface area contributed by atoms with E-state index in [-0.39, 0.29) is 12.1 Å². The van der Waals surface area contributed by atoms with Gasteiger partial charge >= 0.3 is 5.97 Å². The molecular weight excluding hydrogens is 366 g/mol. The molecular formula is C17H14F2N2O6. The Morgan fingerprint density at radius 3 is 2.63 bits per heavy atom. The van der Waals surface area contributed by atoms with E-state index in [1.54, 1.807) is 0 Å². The van der Waals surface area contributed by atoms with Crippen LogP contribution in [-0.2, 0) is 22.6 Å². The lowest BCUT2D eigenvalue weighted by molar-refractivity contribution is -0.108. The van der Waals surface area contributed by atoms with E-state index in [1.165, 1.54) is 0 Å². The lowest BCUT2D eigenvalue weighted by atomic mass is 10.1. The van der Waals surface area contributed by atoms with Crippen molar-refractivity contribution >= 4 is 18.2 Å². The number of esters is 1. The first-order valence-electron chi connectivity index (χ1n) is 7.50. The lowest BCUT2D eigenvalue weighted by Gasteiger charge is -2.13. The third-order valence-electron chi connectivity index (χ3n) is 3.61. The van der Waals surface area contributed by atoms with Gasteiger partial charge in [-0.05, 0) is 6.07 Å². The van der Waals surface area contributed by atoms with E-state index in [9.17, 15) is 33.1 Å². The predicted octanol–water partition coefficient (Wildman–Crippen LogP) is 0.748. The molecule has 0 aliphatic heterocycles. The van der Waals surface area contributed by atoms with Crippen molar-refractivity contribution in [3.8, 4) is 5.75 Å². The van der Waals surface area contributed by atoms with Crippen molar-refractivity contribution in [1.82, 2.24) is 9.88 Å². The van der Waals surface area contributed by atoms with Gasteiger partial charge in [-0.25, -0.2) is 13.6 Å². The summed E-state index contributed by atoms with van der Waals surface area (Å²) in [7, 11) is 1.01. The molecule has 0 fully saturated rings. The number of aldehydes is 1. The van der Waals surface area contributed by atoms with Crippen LogP contribution in [0.3, 0.4) is 0 Å². The molecule has 2 aromatic rings. The topological polar surface area (TPSA) is 115 Å². The molecule has 1 heterocycles. The van der Waals surface area contributed by atoms with Gasteiger partial charge in [-0.15, -0.1) is 0 Å². The van der Waals surface area contributed by atoms with Crippen LogP contribution in [0.2, 0.25) is 0 Å². The number of ether oxygens (including phenoxy) is 1. The first-order chi connectivity index (χ1) is 12.8. The van der Waals surface area contributed by atoms with E-state index in [0.29, 0.717) is 12.4 Å². The lowest BCUT2D eigenvalue weighted by Crippen LogP contribution is -2.31. The van der Waals surface area contributed by atoms with Crippen molar-refractivity contribution < 1.29 is 33.0 Å². The number of pyridine rings is 1. The van der Waals surface area contributed by atoms with Crippen LogP contribution in [0, 0.1) is 11.6 Å². The molecule has 2 N–H and O–H groups in total. The summed E-state index contributed by atoms with van der Waals surface area (Å²) in [6, 6.07) is 2.75. The summed E-state index contributed by atoms with van der Waals surface area (Å²) < 4.78 is 31.8. The summed E-state index contributed by atoms with van der Waals surface area (Å²) in [5.41, 5.74) is -2.37. The number of aromatic hydroxyl groups is 1. The molecule has 0 radical (unpaired) electrons. The number of nitrogens with zero attached hydrogens (tertiary/aromatic N) is 1. The highest BCUT2D eigenvalue weighted by atomic mass is 19.1. The van der Waals surface area contributed by atoms with Gasteiger partial charge in [0.1, 0.15) is 23.5 Å². The van der Waals surface area contributed by atoms with Crippen LogP contribution < -0.4 is 10.7 Å². The summed E-state index contributed by atoms with van der Waals surface area (Å²) in [5.74, 6) is -4.81. The highest BCUT2D eigenvalue weighted by Gasteiger charge is 2.24. The van der Waals surface area contributed by atoms with E-state index in [0.717, 1.165) is 30.0 Å². The molecule has 2 rings (SSSR count). The summed E-state index contributed by atoms with van der Waals surface area (Å²) in [6.45, 7) is -0.803. The predicted molar refractivity (Wildman–Crippen MR) is 87.3 cm³/mol. The second kappa shape index (κ2) is 8.21. The third-order valence-corrected chi connectivity index (χ3v) is 3.61. The number of halogens is 2. The summed E-state index contributed by atoms with van der Waals surface area (Å²) in [5, 5.41) is 12.2. The minimum atomic E-state index is -1.17. The van der Waals surface area contributed by atoms with Crippen LogP contribution in [0.15, 0.2) is 29.2 Å². The van der Waals surface area contributed by atoms with Gasteiger partial charge in [-0.2, -0.15) is 0 Å². The van der Waals surface area contributed by atoms with Gasteiger partial charge in [0.15, 0.2) is 11.4 Å². The SMILES string of the molecule is COC(=O)c1c(O)c(=O)c(C(=O)NCc2ccc(F)cc2F)cn1CC=O. The molecule has 27 heavy (non-hydrogen) atoms. The fourth-order valence-electron chi connectivity index (χ4n) is 2.28. The van der Waals surface area contributed by atoms with Crippen molar-refractivity contribution in [1.29, 1.82) is 0 Å². The number of rotatable bonds is 6. The van der Waals surface area contributed by atoms with Crippen LogP contribution in [-0.4, -0.2) is 34.9 Å². The number of amides is 1. The van der Waals surface area contributed by atoms with Crippen molar-refractivity contribution in [2.24, 2.45) is 0 Å². The zero-order valence-electron chi connectivity index (χ0n) is 14.0. The monoisotopic (exact) mass is 380 g/mol. The highest BCUT2D eigenvalue weighted by Crippen LogP contribution is 2.15. The third kappa shape index (κ3) is 4.17. The molecule has 0 unspecified atom stereocenters. The number of carbonyl (C=O) groups is 3. The quantitative estimate of drug-likeness (QED) is 0.565. The molecule has 10 heteroatoms. The molecule has 0 saturated heterocycles. The van der Waals surface area contributed by atoms with Crippen LogP contribution in [0.1, 0.15) is 26.4 Å². The van der Waals surface area contributed by atoms with E-state index < -0.39 is 52.5 Å². The Hall–Kier alpha value is -3.56. The average Bonchev–Trinajstić information content (AvgIpc) is 2.63. The number of carbonyl (C=O) groups excluding carboxylic acids is 3. The van der Waals surface area contributed by atoms with Gasteiger partial charge in [0, 0.05) is 24.4 Å². The molecule has 8 nitrogen and oxygen atoms in total. The Morgan fingerprint density at radius 1 is 1.33 bits per heavy atom. The largest absolute Gasteiger partial charge is 0.502 e. The molecule has 0 spiro atoms. The summed E-state index contributed by atoms with van der Waals surface area (Å²) in [6.07, 6.45) is 1.28. The average molecular weight is 380 g/mol. The van der Waals surface area contributed by atoms with Gasteiger partial charge < -0.3 is 24.5 Å². The highest BCUT2D eigenvalue weighted by molar-refractivity contribution is 5.96. The second-order valence-corrected chi connectivity index (χ2v) is 5.30. The Kier molecular flexibility index (Phi) is 6.01. The van der Waals surface area contributed by atoms with Crippen LogP contribution in [0.5, 0.6) is 5.75 Å². The molecule has 1 amide bonds. The number of methoxy groups -OCH3 is 1. The van der Waals surface area contributed by atoms with E-state index in [2.05, 4.69) is 10.1 Å². The van der Waals surface area contributed by atoms with Crippen LogP contribution >= 0.6 is 0 Å². The van der Waals surface area contributed by atoms with Crippen molar-refractivity contribution in [3.05, 3.63) is 63.1 Å². The summed E-state index contributed by atoms with van der Waals surface area (Å²) >= 11 is 0. The van der Waals surface area contributed by atoms with Gasteiger partial charge in [-0.3, -0.25) is 9.59 Å². The number of aromatic nitrogens is 1. The normalized spacial score (nSPS) is 10.3. The molecule has 1 aromatic carbocycles. The van der Waals surface area contributed by atoms with Crippen LogP contribution in [0.25, 0.3) is 0 Å². The molecule has 0 bridgehead atoms. The van der Waals surface area contributed by atoms with E-state index in [1.807, 2.05) is 0 Å². The Bertz CT molecular complexity index is 971. The first kappa shape index (κ1) is 19.8. The zero-order valence-corrected chi connectivity index (χ0v) is 14.0. The van der Waals surface area contributed by atoms with Crippen molar-refractivity contribution in [2.45, 2.75) is 13.1 Å². The Morgan fingerprint density at radius 2 is 2.04 bits per heavy atom. The van der Waals surface area contributed by atoms with Gasteiger partial charge in [0.25, 0.3) is 5.91 Å². The van der Waals surface area contributed by atoms with Gasteiger partial charge in [-0.1, -0.05) is 6.07 Å². The van der Waals surface area contributed by atoms with Gasteiger partial charge in [0.2, 0.25) is 5.43 Å². The minimum Gasteiger partial charge on any atom is -0.502 e. The molecule has 0 saturated carbocycles. The summed E-state index contributed by atoms with van der Waals surface area (Å²) in [4.78, 5) is 46.9. The number of benzene rings is 1.